The Morgan fingerprint density at radius 1 is 1.21 bits per heavy atom. The lowest BCUT2D eigenvalue weighted by Gasteiger charge is -2.03. The molecule has 0 radical (unpaired) electrons. The van der Waals surface area contributed by atoms with E-state index in [4.69, 9.17) is 11.6 Å². The van der Waals surface area contributed by atoms with Gasteiger partial charge < -0.3 is 4.57 Å². The molecule has 2 aromatic heterocycles. The van der Waals surface area contributed by atoms with Gasteiger partial charge in [-0.1, -0.05) is 11.6 Å². The Hall–Kier alpha value is -2.07. The number of nitrogens with zero attached hydrogens (tertiary/aromatic N) is 3. The molecule has 1 aromatic carbocycles. The van der Waals surface area contributed by atoms with Crippen LogP contribution in [-0.4, -0.2) is 20.6 Å². The molecule has 0 fully saturated rings. The minimum Gasteiger partial charge on any atom is -0.341 e. The van der Waals surface area contributed by atoms with Crippen molar-refractivity contribution in [1.82, 2.24) is 14.3 Å². The third-order valence-electron chi connectivity index (χ3n) is 3.31. The Balaban J connectivity index is 2.29. The summed E-state index contributed by atoms with van der Waals surface area (Å²) < 4.78 is 3.59. The van der Waals surface area contributed by atoms with Gasteiger partial charge in [0.05, 0.1) is 22.4 Å². The summed E-state index contributed by atoms with van der Waals surface area (Å²) >= 11 is 6.30. The van der Waals surface area contributed by atoms with Crippen molar-refractivity contribution in [2.45, 2.75) is 0 Å². The number of halogens is 1. The van der Waals surface area contributed by atoms with Crippen LogP contribution in [0, 0.1) is 0 Å². The summed E-state index contributed by atoms with van der Waals surface area (Å²) in [5, 5.41) is 5.68. The van der Waals surface area contributed by atoms with Gasteiger partial charge in [-0.25, -0.2) is 0 Å². The fourth-order valence-electron chi connectivity index (χ4n) is 2.26. The summed E-state index contributed by atoms with van der Waals surface area (Å²) in [4.78, 5) is 11.0. The van der Waals surface area contributed by atoms with Crippen LogP contribution in [0.25, 0.3) is 22.0 Å². The van der Waals surface area contributed by atoms with E-state index in [0.29, 0.717) is 10.7 Å². The van der Waals surface area contributed by atoms with Crippen LogP contribution in [0.2, 0.25) is 5.02 Å². The van der Waals surface area contributed by atoms with Gasteiger partial charge in [0.2, 0.25) is 0 Å². The van der Waals surface area contributed by atoms with Crippen LogP contribution in [0.5, 0.6) is 0 Å². The fraction of sp³-hybridized carbons (Fsp3) is 0.143. The molecule has 2 heterocycles. The fourth-order valence-corrected chi connectivity index (χ4v) is 2.53. The molecule has 0 aliphatic carbocycles. The highest BCUT2D eigenvalue weighted by Gasteiger charge is 2.11. The summed E-state index contributed by atoms with van der Waals surface area (Å²) in [6.07, 6.45) is 4.56. The summed E-state index contributed by atoms with van der Waals surface area (Å²) in [6, 6.07) is 5.72. The first-order valence-corrected chi connectivity index (χ1v) is 6.21. The molecule has 0 atom stereocenters. The van der Waals surface area contributed by atoms with Crippen molar-refractivity contribution in [3.63, 3.8) is 0 Å². The smallest absolute Gasteiger partial charge is 0.166 e. The summed E-state index contributed by atoms with van der Waals surface area (Å²) in [7, 11) is 3.73. The van der Waals surface area contributed by atoms with Gasteiger partial charge in [-0.15, -0.1) is 0 Å². The summed E-state index contributed by atoms with van der Waals surface area (Å²) in [5.74, 6) is 0. The second-order valence-corrected chi connectivity index (χ2v) is 4.95. The number of fused-ring (bicyclic) bond motifs is 1. The Bertz CT molecular complexity index is 785. The van der Waals surface area contributed by atoms with E-state index >= 15 is 0 Å². The van der Waals surface area contributed by atoms with Gasteiger partial charge >= 0.3 is 0 Å². The molecule has 19 heavy (non-hydrogen) atoms. The zero-order valence-electron chi connectivity index (χ0n) is 10.6. The van der Waals surface area contributed by atoms with Gasteiger partial charge in [0.25, 0.3) is 0 Å². The molecule has 0 spiro atoms. The number of carbonyl (C=O) groups is 1. The lowest BCUT2D eigenvalue weighted by atomic mass is 10.1. The average Bonchev–Trinajstić information content (AvgIpc) is 2.95. The number of benzene rings is 1. The molecule has 96 valence electrons. The van der Waals surface area contributed by atoms with Gasteiger partial charge in [0.1, 0.15) is 0 Å². The Morgan fingerprint density at radius 3 is 2.63 bits per heavy atom. The van der Waals surface area contributed by atoms with Crippen molar-refractivity contribution in [3.05, 3.63) is 41.3 Å². The number of aryl methyl sites for hydroxylation is 2. The van der Waals surface area contributed by atoms with E-state index < -0.39 is 0 Å². The molecule has 0 saturated heterocycles. The Labute approximate surface area is 115 Å². The minimum atomic E-state index is 0.611. The zero-order chi connectivity index (χ0) is 13.6. The number of aldehydes is 1. The van der Waals surface area contributed by atoms with Crippen LogP contribution in [0.4, 0.5) is 0 Å². The Kier molecular flexibility index (Phi) is 2.68. The van der Waals surface area contributed by atoms with E-state index in [-0.39, 0.29) is 0 Å². The van der Waals surface area contributed by atoms with Crippen molar-refractivity contribution >= 4 is 28.8 Å². The van der Waals surface area contributed by atoms with Crippen LogP contribution >= 0.6 is 11.6 Å². The maximum Gasteiger partial charge on any atom is 0.166 e. The van der Waals surface area contributed by atoms with Crippen molar-refractivity contribution in [2.24, 2.45) is 14.1 Å². The quantitative estimate of drug-likeness (QED) is 0.673. The molecule has 0 aliphatic rings. The third kappa shape index (κ3) is 1.85. The van der Waals surface area contributed by atoms with E-state index in [1.807, 2.05) is 37.0 Å². The molecule has 5 heteroatoms. The van der Waals surface area contributed by atoms with E-state index in [2.05, 4.69) is 5.10 Å². The highest BCUT2D eigenvalue weighted by atomic mass is 35.5. The van der Waals surface area contributed by atoms with Crippen LogP contribution in [0.15, 0.2) is 30.6 Å². The lowest BCUT2D eigenvalue weighted by Crippen LogP contribution is -1.93. The van der Waals surface area contributed by atoms with Crippen LogP contribution in [-0.2, 0) is 14.1 Å². The predicted molar refractivity (Wildman–Crippen MR) is 75.5 cm³/mol. The second kappa shape index (κ2) is 4.24. The van der Waals surface area contributed by atoms with Gasteiger partial charge in [0, 0.05) is 31.2 Å². The van der Waals surface area contributed by atoms with E-state index in [1.54, 1.807) is 16.9 Å². The Morgan fingerprint density at radius 2 is 2.00 bits per heavy atom. The number of hydrogen-bond donors (Lipinski definition) is 0. The van der Waals surface area contributed by atoms with Crippen LogP contribution < -0.4 is 0 Å². The number of rotatable bonds is 2. The molecule has 3 rings (SSSR count). The van der Waals surface area contributed by atoms with Gasteiger partial charge in [-0.2, -0.15) is 5.10 Å². The normalized spacial score (nSPS) is 11.1. The second-order valence-electron chi connectivity index (χ2n) is 4.54. The molecular weight excluding hydrogens is 262 g/mol. The molecule has 0 aliphatic heterocycles. The molecule has 0 saturated carbocycles. The van der Waals surface area contributed by atoms with Crippen molar-refractivity contribution in [3.8, 4) is 11.1 Å². The molecular formula is C14H12ClN3O. The third-order valence-corrected chi connectivity index (χ3v) is 3.62. The minimum absolute atomic E-state index is 0.611. The van der Waals surface area contributed by atoms with E-state index in [1.165, 1.54) is 0 Å². The highest BCUT2D eigenvalue weighted by Crippen LogP contribution is 2.32. The van der Waals surface area contributed by atoms with Crippen molar-refractivity contribution in [1.29, 1.82) is 0 Å². The first-order chi connectivity index (χ1) is 9.10. The summed E-state index contributed by atoms with van der Waals surface area (Å²) in [5.41, 5.74) is 3.54. The zero-order valence-corrected chi connectivity index (χ0v) is 11.3. The molecule has 0 amide bonds. The van der Waals surface area contributed by atoms with Crippen LogP contribution in [0.1, 0.15) is 10.5 Å². The molecule has 0 bridgehead atoms. The molecule has 3 aromatic rings. The maximum atomic E-state index is 11.0. The standard InChI is InChI=1S/C14H12ClN3O/c1-17-7-10(6-16-17)9-3-13(15)12-5-11(8-19)18(2)14(12)4-9/h3-8H,1-2H3. The van der Waals surface area contributed by atoms with E-state index in [9.17, 15) is 4.79 Å². The molecule has 0 N–H and O–H groups in total. The highest BCUT2D eigenvalue weighted by molar-refractivity contribution is 6.36. The average molecular weight is 274 g/mol. The predicted octanol–water partition coefficient (Wildman–Crippen LogP) is 3.04. The van der Waals surface area contributed by atoms with Gasteiger partial charge in [0.15, 0.2) is 6.29 Å². The largest absolute Gasteiger partial charge is 0.341 e. The number of carbonyl (C=O) groups excluding carboxylic acids is 1. The van der Waals surface area contributed by atoms with Gasteiger partial charge in [-0.3, -0.25) is 9.48 Å². The van der Waals surface area contributed by atoms with E-state index in [0.717, 1.165) is 28.3 Å². The number of aromatic nitrogens is 3. The molecule has 0 unspecified atom stereocenters. The topological polar surface area (TPSA) is 39.8 Å². The lowest BCUT2D eigenvalue weighted by molar-refractivity contribution is 0.111. The summed E-state index contributed by atoms with van der Waals surface area (Å²) in [6.45, 7) is 0. The monoisotopic (exact) mass is 273 g/mol. The maximum absolute atomic E-state index is 11.0. The number of hydrogen-bond acceptors (Lipinski definition) is 2. The van der Waals surface area contributed by atoms with Crippen molar-refractivity contribution < 1.29 is 4.79 Å². The van der Waals surface area contributed by atoms with Crippen molar-refractivity contribution in [2.75, 3.05) is 0 Å². The SMILES string of the molecule is Cn1cc(-c2cc(Cl)c3cc(C=O)n(C)c3c2)cn1. The van der Waals surface area contributed by atoms with Crippen LogP contribution in [0.3, 0.4) is 0 Å². The first kappa shape index (κ1) is 12.0. The van der Waals surface area contributed by atoms with Gasteiger partial charge in [-0.05, 0) is 23.8 Å². The molecule has 4 nitrogen and oxygen atoms in total. The first-order valence-electron chi connectivity index (χ1n) is 5.83.